The molecule has 4 amide bonds. The predicted molar refractivity (Wildman–Crippen MR) is 186 cm³/mol. The minimum Gasteiger partial charge on any atom is -0.508 e. The normalized spacial score (nSPS) is 17.1. The second-order valence-corrected chi connectivity index (χ2v) is 12.9. The maximum atomic E-state index is 13.7. The summed E-state index contributed by atoms with van der Waals surface area (Å²) < 4.78 is 0. The van der Waals surface area contributed by atoms with E-state index in [0.29, 0.717) is 24.0 Å². The number of carboxylic acid groups (broad SMARTS) is 1. The van der Waals surface area contributed by atoms with Crippen LogP contribution in [0, 0.1) is 0 Å². The summed E-state index contributed by atoms with van der Waals surface area (Å²) in [4.78, 5) is 66.9. The van der Waals surface area contributed by atoms with Crippen LogP contribution in [-0.4, -0.2) is 109 Å². The van der Waals surface area contributed by atoms with Gasteiger partial charge in [0.1, 0.15) is 41.8 Å². The summed E-state index contributed by atoms with van der Waals surface area (Å²) in [6.45, 7) is 1.40. The van der Waals surface area contributed by atoms with Crippen LogP contribution in [0.4, 0.5) is 0 Å². The number of hydrogen-bond acceptors (Lipinski definition) is 10. The first kappa shape index (κ1) is 40.7. The first-order valence-electron chi connectivity index (χ1n) is 17.4. The van der Waals surface area contributed by atoms with Crippen molar-refractivity contribution in [1.29, 1.82) is 0 Å². The van der Waals surface area contributed by atoms with Crippen molar-refractivity contribution in [1.82, 2.24) is 20.9 Å². The number of phenolic OH excluding ortho intramolecular Hbond substituents is 2. The third-order valence-corrected chi connectivity index (χ3v) is 8.95. The number of aliphatic hydroxyl groups is 2. The van der Waals surface area contributed by atoms with Gasteiger partial charge in [-0.1, -0.05) is 63.3 Å². The van der Waals surface area contributed by atoms with Gasteiger partial charge in [0.05, 0.1) is 6.61 Å². The predicted octanol–water partition coefficient (Wildman–Crippen LogP) is 0.454. The number of amides is 4. The standard InChI is InChI=1S/C36H51N5O10/c1-2-3-4-5-6-8-26(37)31(45)34(48)40-29(21-42)35(49)41-18-7-9-30(41)33(47)38-27(19-22-10-14-24(43)15-11-22)32(46)39-28(36(50)51)20-23-12-16-25(44)17-13-23/h10-17,26-31,42-45H,2-9,18-21,37H2,1H3,(H,38,47)(H,39,46)(H,40,48)(H,50,51). The summed E-state index contributed by atoms with van der Waals surface area (Å²) in [5.41, 5.74) is 7.10. The third-order valence-electron chi connectivity index (χ3n) is 8.95. The summed E-state index contributed by atoms with van der Waals surface area (Å²) in [5.74, 6) is -4.56. The Morgan fingerprint density at radius 1 is 0.804 bits per heavy atom. The molecule has 6 atom stereocenters. The van der Waals surface area contributed by atoms with Crippen LogP contribution >= 0.6 is 0 Å². The number of unbranched alkanes of at least 4 members (excludes halogenated alkanes) is 4. The molecule has 15 heteroatoms. The van der Waals surface area contributed by atoms with Gasteiger partial charge in [-0.25, -0.2) is 4.79 Å². The Kier molecular flexibility index (Phi) is 16.1. The van der Waals surface area contributed by atoms with Gasteiger partial charge in [0.2, 0.25) is 17.7 Å². The van der Waals surface area contributed by atoms with Gasteiger partial charge in [-0.15, -0.1) is 0 Å². The van der Waals surface area contributed by atoms with E-state index in [1.165, 1.54) is 41.3 Å². The molecule has 15 nitrogen and oxygen atoms in total. The maximum Gasteiger partial charge on any atom is 0.326 e. The molecule has 0 bridgehead atoms. The van der Waals surface area contributed by atoms with Crippen molar-refractivity contribution >= 4 is 29.6 Å². The van der Waals surface area contributed by atoms with Gasteiger partial charge in [0.15, 0.2) is 0 Å². The lowest BCUT2D eigenvalue weighted by molar-refractivity contribution is -0.144. The third kappa shape index (κ3) is 12.5. The van der Waals surface area contributed by atoms with E-state index in [2.05, 4.69) is 22.9 Å². The number of aliphatic hydroxyl groups excluding tert-OH is 2. The van der Waals surface area contributed by atoms with E-state index < -0.39 is 72.5 Å². The van der Waals surface area contributed by atoms with Crippen LogP contribution in [0.15, 0.2) is 48.5 Å². The molecule has 6 unspecified atom stereocenters. The molecule has 2 aromatic rings. The van der Waals surface area contributed by atoms with E-state index in [9.17, 15) is 49.5 Å². The van der Waals surface area contributed by atoms with Gasteiger partial charge in [0.25, 0.3) is 5.91 Å². The van der Waals surface area contributed by atoms with Crippen LogP contribution in [0.5, 0.6) is 11.5 Å². The van der Waals surface area contributed by atoms with Gasteiger partial charge >= 0.3 is 5.97 Å². The zero-order valence-corrected chi connectivity index (χ0v) is 28.9. The Balaban J connectivity index is 1.71. The van der Waals surface area contributed by atoms with Gasteiger partial charge in [-0.2, -0.15) is 0 Å². The van der Waals surface area contributed by atoms with Crippen LogP contribution in [0.3, 0.4) is 0 Å². The van der Waals surface area contributed by atoms with Gasteiger partial charge < -0.3 is 52.1 Å². The van der Waals surface area contributed by atoms with E-state index in [1.54, 1.807) is 12.1 Å². The number of likely N-dealkylation sites (tertiary alicyclic amines) is 1. The lowest BCUT2D eigenvalue weighted by Gasteiger charge is -2.30. The molecule has 1 fully saturated rings. The first-order valence-corrected chi connectivity index (χ1v) is 17.4. The zero-order chi connectivity index (χ0) is 37.5. The number of nitrogens with one attached hydrogen (secondary N) is 3. The number of benzene rings is 2. The Morgan fingerprint density at radius 3 is 1.90 bits per heavy atom. The SMILES string of the molecule is CCCCCCCC(N)C(O)C(=O)NC(CO)C(=O)N1CCCC1C(=O)NC(Cc1ccc(O)cc1)C(=O)NC(Cc1ccc(O)cc1)C(=O)O. The number of rotatable bonds is 20. The number of aliphatic carboxylic acids is 1. The largest absolute Gasteiger partial charge is 0.508 e. The van der Waals surface area contributed by atoms with Crippen molar-refractivity contribution in [2.75, 3.05) is 13.2 Å². The molecule has 0 aliphatic carbocycles. The second-order valence-electron chi connectivity index (χ2n) is 12.9. The highest BCUT2D eigenvalue weighted by Crippen LogP contribution is 2.20. The molecule has 280 valence electrons. The van der Waals surface area contributed by atoms with Gasteiger partial charge in [-0.05, 0) is 54.7 Å². The van der Waals surface area contributed by atoms with Crippen LogP contribution < -0.4 is 21.7 Å². The van der Waals surface area contributed by atoms with Crippen molar-refractivity contribution < 1.29 is 49.5 Å². The summed E-state index contributed by atoms with van der Waals surface area (Å²) in [7, 11) is 0. The molecular weight excluding hydrogens is 662 g/mol. The van der Waals surface area contributed by atoms with E-state index in [0.717, 1.165) is 32.1 Å². The average molecular weight is 714 g/mol. The summed E-state index contributed by atoms with van der Waals surface area (Å²) in [6, 6.07) is 5.59. The number of hydrogen-bond donors (Lipinski definition) is 9. The smallest absolute Gasteiger partial charge is 0.326 e. The summed E-state index contributed by atoms with van der Waals surface area (Å²) in [6.07, 6.45) is 3.99. The molecule has 0 radical (unpaired) electrons. The molecule has 10 N–H and O–H groups in total. The Bertz CT molecular complexity index is 1460. The van der Waals surface area contributed by atoms with Crippen LogP contribution in [-0.2, 0) is 36.8 Å². The fourth-order valence-corrected chi connectivity index (χ4v) is 5.97. The molecule has 1 aliphatic heterocycles. The molecule has 3 rings (SSSR count). The number of aromatic hydroxyl groups is 2. The highest BCUT2D eigenvalue weighted by molar-refractivity contribution is 5.96. The van der Waals surface area contributed by atoms with E-state index >= 15 is 0 Å². The van der Waals surface area contributed by atoms with Crippen LogP contribution in [0.2, 0.25) is 0 Å². The van der Waals surface area contributed by atoms with Crippen molar-refractivity contribution in [2.45, 2.75) is 107 Å². The maximum absolute atomic E-state index is 13.7. The number of nitrogens with two attached hydrogens (primary N) is 1. The average Bonchev–Trinajstić information content (AvgIpc) is 3.61. The Labute approximate surface area is 297 Å². The molecule has 51 heavy (non-hydrogen) atoms. The quantitative estimate of drug-likeness (QED) is 0.0852. The molecule has 1 saturated heterocycles. The molecule has 0 aromatic heterocycles. The van der Waals surface area contributed by atoms with Gasteiger partial charge in [-0.3, -0.25) is 19.2 Å². The van der Waals surface area contributed by atoms with E-state index in [1.807, 2.05) is 0 Å². The molecule has 2 aromatic carbocycles. The van der Waals surface area contributed by atoms with Crippen LogP contribution in [0.25, 0.3) is 0 Å². The fourth-order valence-electron chi connectivity index (χ4n) is 5.97. The zero-order valence-electron chi connectivity index (χ0n) is 28.9. The molecule has 1 heterocycles. The molecule has 0 spiro atoms. The lowest BCUT2D eigenvalue weighted by atomic mass is 10.0. The van der Waals surface area contributed by atoms with E-state index in [4.69, 9.17) is 5.73 Å². The minimum absolute atomic E-state index is 0.0104. The van der Waals surface area contributed by atoms with Crippen molar-refractivity contribution in [2.24, 2.45) is 5.73 Å². The highest BCUT2D eigenvalue weighted by Gasteiger charge is 2.40. The number of carbonyl (C=O) groups is 5. The van der Waals surface area contributed by atoms with Gasteiger partial charge in [0, 0.05) is 25.4 Å². The van der Waals surface area contributed by atoms with Crippen molar-refractivity contribution in [3.8, 4) is 11.5 Å². The number of phenols is 2. The fraction of sp³-hybridized carbons (Fsp3) is 0.528. The van der Waals surface area contributed by atoms with Crippen molar-refractivity contribution in [3.05, 3.63) is 59.7 Å². The summed E-state index contributed by atoms with van der Waals surface area (Å²) >= 11 is 0. The lowest BCUT2D eigenvalue weighted by Crippen LogP contribution is -2.59. The van der Waals surface area contributed by atoms with Crippen molar-refractivity contribution in [3.63, 3.8) is 0 Å². The second kappa shape index (κ2) is 20.2. The Hall–Kier alpha value is -4.73. The number of carboxylic acids is 1. The number of nitrogens with zero attached hydrogens (tertiary/aromatic N) is 1. The highest BCUT2D eigenvalue weighted by atomic mass is 16.4. The monoisotopic (exact) mass is 713 g/mol. The molecule has 0 saturated carbocycles. The van der Waals surface area contributed by atoms with Crippen LogP contribution in [0.1, 0.15) is 69.4 Å². The first-order chi connectivity index (χ1) is 24.3. The van der Waals surface area contributed by atoms with E-state index in [-0.39, 0.29) is 37.3 Å². The Morgan fingerprint density at radius 2 is 1.35 bits per heavy atom. The molecular formula is C36H51N5O10. The summed E-state index contributed by atoms with van der Waals surface area (Å²) in [5, 5.41) is 57.1. The molecule has 1 aliphatic rings. The number of carbonyl (C=O) groups excluding carboxylic acids is 4. The topological polar surface area (TPSA) is 252 Å². The minimum atomic E-state index is -1.61.